The van der Waals surface area contributed by atoms with Gasteiger partial charge in [0, 0.05) is 22.0 Å². The summed E-state index contributed by atoms with van der Waals surface area (Å²) in [6, 6.07) is 0. The Morgan fingerprint density at radius 2 is 2.05 bits per heavy atom. The van der Waals surface area contributed by atoms with Gasteiger partial charge in [0.15, 0.2) is 5.60 Å². The van der Waals surface area contributed by atoms with Crippen molar-refractivity contribution in [3.05, 3.63) is 11.1 Å². The largest absolute Gasteiger partial charge is 0.458 e. The summed E-state index contributed by atoms with van der Waals surface area (Å²) < 4.78 is 32.7. The Labute approximate surface area is 236 Å². The van der Waals surface area contributed by atoms with Crippen LogP contribution in [0.3, 0.4) is 0 Å². The monoisotopic (exact) mass is 580 g/mol. The molecule has 0 aromatic rings. The standard InChI is InChI=1S/C29H41O6PS2/c1-16(2)27-22(34-27)23-29(35-23)26(3)9-7-18-19(15-32-24(18)30)20(26)14-21-28(29,33-21)25(27)31-10-12-36-11-5-4-6-17-8-13-37-38-17/h16-17,20-23,25,36H,4-15H2,1-3H3/t17?,20-,21-,22-,23-,25+,26-,27-,28+,29+/m0/s1. The molecule has 9 heteroatoms. The summed E-state index contributed by atoms with van der Waals surface area (Å²) >= 11 is 0. The summed E-state index contributed by atoms with van der Waals surface area (Å²) in [5, 5.41) is 0.897. The number of cyclic esters (lactones) is 1. The van der Waals surface area contributed by atoms with Crippen LogP contribution in [0.1, 0.15) is 65.7 Å². The Balaban J connectivity index is 0.974. The SMILES string of the molecule is CC(C)[C@]12O[C@H]1[C@@H]1O[C@]13[C@]1(O[C@H]1C[C@H]1C4=C(CC[C@@]13C)C(=O)OC4)[C@@H]2OCCPCCCCC1CCSS1. The maximum Gasteiger partial charge on any atom is 0.334 e. The van der Waals surface area contributed by atoms with Crippen LogP contribution in [0.5, 0.6) is 0 Å². The number of epoxide rings is 3. The van der Waals surface area contributed by atoms with Crippen LogP contribution in [0.25, 0.3) is 0 Å². The zero-order valence-corrected chi connectivity index (χ0v) is 25.4. The predicted octanol–water partition coefficient (Wildman–Crippen LogP) is 5.13. The van der Waals surface area contributed by atoms with Crippen molar-refractivity contribution in [1.82, 2.24) is 0 Å². The number of rotatable bonds is 10. The molecular weight excluding hydrogens is 539 g/mol. The molecule has 2 saturated carbocycles. The molecule has 0 aromatic carbocycles. The molecule has 0 aromatic heterocycles. The zero-order chi connectivity index (χ0) is 25.9. The molecule has 210 valence electrons. The van der Waals surface area contributed by atoms with Crippen LogP contribution < -0.4 is 0 Å². The molecule has 0 bridgehead atoms. The van der Waals surface area contributed by atoms with Crippen molar-refractivity contribution in [3.63, 3.8) is 0 Å². The lowest BCUT2D eigenvalue weighted by molar-refractivity contribution is -0.136. The van der Waals surface area contributed by atoms with E-state index in [9.17, 15) is 4.79 Å². The maximum atomic E-state index is 12.4. The van der Waals surface area contributed by atoms with E-state index in [1.165, 1.54) is 43.2 Å². The number of unbranched alkanes of at least 4 members (excludes halogenated alkanes) is 1. The van der Waals surface area contributed by atoms with Gasteiger partial charge in [0.1, 0.15) is 36.1 Å². The minimum absolute atomic E-state index is 0.0704. The number of carbonyl (C=O) groups is 1. The first-order valence-electron chi connectivity index (χ1n) is 14.9. The van der Waals surface area contributed by atoms with Crippen LogP contribution >= 0.6 is 30.2 Å². The maximum absolute atomic E-state index is 12.4. The molecule has 6 nitrogen and oxygen atoms in total. The van der Waals surface area contributed by atoms with E-state index >= 15 is 0 Å². The van der Waals surface area contributed by atoms with Crippen molar-refractivity contribution in [3.8, 4) is 0 Å². The molecule has 5 heterocycles. The molecule has 8 rings (SSSR count). The van der Waals surface area contributed by atoms with Crippen LogP contribution in [0.4, 0.5) is 0 Å². The normalized spacial score (nSPS) is 51.3. The second-order valence-corrected chi connectivity index (χ2v) is 17.6. The van der Waals surface area contributed by atoms with Crippen LogP contribution in [-0.2, 0) is 28.5 Å². The number of carbonyl (C=O) groups excluding carboxylic acids is 1. The molecule has 38 heavy (non-hydrogen) atoms. The summed E-state index contributed by atoms with van der Waals surface area (Å²) in [5.74, 6) is 1.86. The van der Waals surface area contributed by atoms with Crippen molar-refractivity contribution < 1.29 is 28.5 Å². The molecule has 4 saturated heterocycles. The third-order valence-corrected chi connectivity index (χ3v) is 15.8. The van der Waals surface area contributed by atoms with Gasteiger partial charge in [-0.1, -0.05) is 48.8 Å². The van der Waals surface area contributed by atoms with E-state index in [1.54, 1.807) is 0 Å². The molecule has 0 N–H and O–H groups in total. The van der Waals surface area contributed by atoms with E-state index < -0.39 is 5.60 Å². The first-order chi connectivity index (χ1) is 18.4. The van der Waals surface area contributed by atoms with Crippen LogP contribution in [0.2, 0.25) is 0 Å². The highest BCUT2D eigenvalue weighted by atomic mass is 33.1. The fourth-order valence-corrected chi connectivity index (χ4v) is 13.5. The quantitative estimate of drug-likeness (QED) is 0.116. The molecule has 11 atom stereocenters. The Hall–Kier alpha value is 0.180. The molecule has 2 spiro atoms. The summed E-state index contributed by atoms with van der Waals surface area (Å²) in [6.07, 6.45) is 10.8. The van der Waals surface area contributed by atoms with Crippen molar-refractivity contribution in [1.29, 1.82) is 0 Å². The van der Waals surface area contributed by atoms with Crippen LogP contribution in [-0.4, -0.2) is 83.7 Å². The smallest absolute Gasteiger partial charge is 0.334 e. The van der Waals surface area contributed by atoms with E-state index in [-0.39, 0.29) is 52.9 Å². The van der Waals surface area contributed by atoms with Gasteiger partial charge in [-0.05, 0) is 68.3 Å². The third kappa shape index (κ3) is 3.21. The van der Waals surface area contributed by atoms with Gasteiger partial charge in [0.05, 0.1) is 12.7 Å². The number of fused-ring (bicyclic) bond motifs is 4. The Morgan fingerprint density at radius 1 is 1.16 bits per heavy atom. The lowest BCUT2D eigenvalue weighted by Crippen LogP contribution is -2.69. The van der Waals surface area contributed by atoms with Crippen molar-refractivity contribution in [2.75, 3.05) is 31.3 Å². The molecular formula is C29H41O6PS2. The number of esters is 1. The molecule has 0 amide bonds. The zero-order valence-electron chi connectivity index (χ0n) is 22.8. The van der Waals surface area contributed by atoms with E-state index in [1.807, 2.05) is 0 Å². The number of ether oxygens (including phenoxy) is 5. The minimum Gasteiger partial charge on any atom is -0.458 e. The lowest BCUT2D eigenvalue weighted by Gasteiger charge is -2.54. The minimum atomic E-state index is -0.415. The Morgan fingerprint density at radius 3 is 2.87 bits per heavy atom. The molecule has 2 unspecified atom stereocenters. The van der Waals surface area contributed by atoms with Gasteiger partial charge in [-0.2, -0.15) is 0 Å². The molecule has 3 aliphatic carbocycles. The highest BCUT2D eigenvalue weighted by molar-refractivity contribution is 8.77. The predicted molar refractivity (Wildman–Crippen MR) is 151 cm³/mol. The number of hydrogen-bond donors (Lipinski definition) is 0. The number of hydrogen-bond acceptors (Lipinski definition) is 8. The third-order valence-electron chi connectivity index (χ3n) is 11.5. The van der Waals surface area contributed by atoms with Crippen LogP contribution in [0, 0.1) is 17.3 Å². The van der Waals surface area contributed by atoms with Gasteiger partial charge in [-0.25, -0.2) is 4.79 Å². The summed E-state index contributed by atoms with van der Waals surface area (Å²) in [7, 11) is 5.12. The summed E-state index contributed by atoms with van der Waals surface area (Å²) in [6.45, 7) is 8.17. The van der Waals surface area contributed by atoms with Crippen molar-refractivity contribution in [2.45, 2.75) is 112 Å². The van der Waals surface area contributed by atoms with E-state index in [2.05, 4.69) is 42.4 Å². The first kappa shape index (κ1) is 25.9. The average Bonchev–Trinajstić information content (AvgIpc) is 3.83. The lowest BCUT2D eigenvalue weighted by atomic mass is 9.46. The highest BCUT2D eigenvalue weighted by Crippen LogP contribution is 2.83. The Bertz CT molecular complexity index is 1060. The second kappa shape index (κ2) is 8.84. The molecule has 0 radical (unpaired) electrons. The topological polar surface area (TPSA) is 73.1 Å². The van der Waals surface area contributed by atoms with Gasteiger partial charge >= 0.3 is 5.97 Å². The molecule has 8 aliphatic rings. The van der Waals surface area contributed by atoms with Gasteiger partial charge in [0.25, 0.3) is 0 Å². The fraction of sp³-hybridized carbons (Fsp3) is 0.897. The van der Waals surface area contributed by atoms with Gasteiger partial charge in [0.2, 0.25) is 0 Å². The fourth-order valence-electron chi connectivity index (χ4n) is 9.48. The molecule has 5 aliphatic heterocycles. The molecule has 6 fully saturated rings. The summed E-state index contributed by atoms with van der Waals surface area (Å²) in [4.78, 5) is 12.4. The van der Waals surface area contributed by atoms with Gasteiger partial charge in [-0.3, -0.25) is 0 Å². The summed E-state index contributed by atoms with van der Waals surface area (Å²) in [5.41, 5.74) is 0.972. The van der Waals surface area contributed by atoms with E-state index in [4.69, 9.17) is 23.7 Å². The highest BCUT2D eigenvalue weighted by Gasteiger charge is 3.00. The van der Waals surface area contributed by atoms with Gasteiger partial charge < -0.3 is 23.7 Å². The van der Waals surface area contributed by atoms with Gasteiger partial charge in [-0.15, -0.1) is 8.58 Å². The van der Waals surface area contributed by atoms with Crippen molar-refractivity contribution >= 4 is 36.1 Å². The van der Waals surface area contributed by atoms with E-state index in [0.717, 1.165) is 51.4 Å². The van der Waals surface area contributed by atoms with Crippen molar-refractivity contribution in [2.24, 2.45) is 17.3 Å². The average molecular weight is 581 g/mol. The Kier molecular flexibility index (Phi) is 6.02. The van der Waals surface area contributed by atoms with Crippen LogP contribution in [0.15, 0.2) is 11.1 Å². The first-order valence-corrected chi connectivity index (χ1v) is 18.7. The van der Waals surface area contributed by atoms with E-state index in [0.29, 0.717) is 12.5 Å². The second-order valence-electron chi connectivity index (χ2n) is 13.3.